The van der Waals surface area contributed by atoms with Gasteiger partial charge in [0.1, 0.15) is 5.60 Å². The molecule has 0 aliphatic carbocycles. The van der Waals surface area contributed by atoms with Gasteiger partial charge >= 0.3 is 12.2 Å². The molecular formula is C21H36IN5O4. The number of methoxy groups -OCH3 is 1. The number of nitrogens with one attached hydrogen (secondary N) is 4. The molecule has 0 fully saturated rings. The van der Waals surface area contributed by atoms with Crippen LogP contribution in [-0.4, -0.2) is 49.5 Å². The van der Waals surface area contributed by atoms with Crippen LogP contribution in [0.1, 0.15) is 47.1 Å². The predicted octanol–water partition coefficient (Wildman–Crippen LogP) is 3.84. The maximum atomic E-state index is 12.0. The highest BCUT2D eigenvalue weighted by molar-refractivity contribution is 14.0. The summed E-state index contributed by atoms with van der Waals surface area (Å²) in [6.07, 6.45) is -0.973. The van der Waals surface area contributed by atoms with Gasteiger partial charge in [0.25, 0.3) is 0 Å². The standard InChI is InChI=1S/C21H35N5O4.HI/c1-8-22-17(24-14-21(5,6)26-19(28)30-20(2,3)4)23-13-15-9-11-16(12-10-15)25-18(27)29-7;/h9-12H,8,13-14H2,1-7H3,(H,25,27)(H,26,28)(H2,22,23,24);1H. The molecule has 1 aromatic carbocycles. The zero-order valence-corrected chi connectivity index (χ0v) is 21.7. The molecule has 176 valence electrons. The number of hydrogen-bond donors (Lipinski definition) is 4. The van der Waals surface area contributed by atoms with Crippen LogP contribution < -0.4 is 21.3 Å². The van der Waals surface area contributed by atoms with Crippen molar-refractivity contribution < 1.29 is 19.1 Å². The fourth-order valence-corrected chi connectivity index (χ4v) is 2.30. The van der Waals surface area contributed by atoms with E-state index in [0.717, 1.165) is 5.56 Å². The van der Waals surface area contributed by atoms with Crippen molar-refractivity contribution in [3.63, 3.8) is 0 Å². The summed E-state index contributed by atoms with van der Waals surface area (Å²) in [6.45, 7) is 12.9. The van der Waals surface area contributed by atoms with Crippen molar-refractivity contribution in [3.05, 3.63) is 29.8 Å². The van der Waals surface area contributed by atoms with E-state index in [0.29, 0.717) is 31.3 Å². The molecular weight excluding hydrogens is 513 g/mol. The van der Waals surface area contributed by atoms with Gasteiger partial charge in [-0.05, 0) is 59.2 Å². The highest BCUT2D eigenvalue weighted by Gasteiger charge is 2.24. The van der Waals surface area contributed by atoms with Gasteiger partial charge in [0.05, 0.1) is 19.2 Å². The number of rotatable bonds is 7. The fourth-order valence-electron chi connectivity index (χ4n) is 2.30. The summed E-state index contributed by atoms with van der Waals surface area (Å²) in [6, 6.07) is 7.34. The number of benzene rings is 1. The van der Waals surface area contributed by atoms with Gasteiger partial charge in [0.15, 0.2) is 5.96 Å². The van der Waals surface area contributed by atoms with Crippen molar-refractivity contribution in [2.24, 2.45) is 4.99 Å². The second-order valence-corrected chi connectivity index (χ2v) is 8.37. The monoisotopic (exact) mass is 549 g/mol. The molecule has 9 nitrogen and oxygen atoms in total. The Morgan fingerprint density at radius 1 is 1.00 bits per heavy atom. The molecule has 1 aromatic rings. The fraction of sp³-hybridized carbons (Fsp3) is 0.571. The Hall–Kier alpha value is -2.24. The molecule has 1 rings (SSSR count). The molecule has 0 aromatic heterocycles. The van der Waals surface area contributed by atoms with Crippen molar-refractivity contribution in [2.75, 3.05) is 25.5 Å². The van der Waals surface area contributed by atoms with Gasteiger partial charge in [0, 0.05) is 18.8 Å². The first-order valence-corrected chi connectivity index (χ1v) is 9.91. The summed E-state index contributed by atoms with van der Waals surface area (Å²) < 4.78 is 9.89. The van der Waals surface area contributed by atoms with Crippen LogP contribution in [-0.2, 0) is 16.0 Å². The van der Waals surface area contributed by atoms with E-state index in [-0.39, 0.29) is 24.0 Å². The van der Waals surface area contributed by atoms with Crippen molar-refractivity contribution in [3.8, 4) is 0 Å². The Bertz CT molecular complexity index is 730. The molecule has 0 radical (unpaired) electrons. The summed E-state index contributed by atoms with van der Waals surface area (Å²) in [5.74, 6) is 0.633. The van der Waals surface area contributed by atoms with Crippen molar-refractivity contribution in [1.29, 1.82) is 0 Å². The van der Waals surface area contributed by atoms with E-state index in [4.69, 9.17) is 4.74 Å². The second-order valence-electron chi connectivity index (χ2n) is 8.37. The molecule has 0 aliphatic rings. The van der Waals surface area contributed by atoms with Crippen LogP contribution in [0.4, 0.5) is 15.3 Å². The first-order valence-electron chi connectivity index (χ1n) is 9.91. The minimum atomic E-state index is -0.550. The lowest BCUT2D eigenvalue weighted by molar-refractivity contribution is 0.0474. The number of halogens is 1. The quantitative estimate of drug-likeness (QED) is 0.234. The Morgan fingerprint density at radius 2 is 1.61 bits per heavy atom. The number of carbonyl (C=O) groups excluding carboxylic acids is 2. The van der Waals surface area contributed by atoms with E-state index in [2.05, 4.69) is 31.0 Å². The number of hydrogen-bond acceptors (Lipinski definition) is 5. The molecule has 0 bridgehead atoms. The minimum absolute atomic E-state index is 0. The zero-order valence-electron chi connectivity index (χ0n) is 19.4. The summed E-state index contributed by atoms with van der Waals surface area (Å²) in [4.78, 5) is 27.8. The number of alkyl carbamates (subject to hydrolysis) is 1. The van der Waals surface area contributed by atoms with E-state index in [1.807, 2.05) is 53.7 Å². The van der Waals surface area contributed by atoms with E-state index >= 15 is 0 Å². The molecule has 0 saturated carbocycles. The molecule has 0 aliphatic heterocycles. The topological polar surface area (TPSA) is 113 Å². The number of guanidine groups is 1. The number of ether oxygens (including phenoxy) is 2. The van der Waals surface area contributed by atoms with Gasteiger partial charge in [-0.15, -0.1) is 24.0 Å². The van der Waals surface area contributed by atoms with Crippen LogP contribution in [0.5, 0.6) is 0 Å². The number of carbonyl (C=O) groups is 2. The SMILES string of the molecule is CCNC(=NCc1ccc(NC(=O)OC)cc1)NCC(C)(C)NC(=O)OC(C)(C)C.I. The molecule has 31 heavy (non-hydrogen) atoms. The first kappa shape index (κ1) is 28.8. The lowest BCUT2D eigenvalue weighted by atomic mass is 10.1. The number of anilines is 1. The van der Waals surface area contributed by atoms with Crippen LogP contribution in [0.2, 0.25) is 0 Å². The molecule has 0 saturated heterocycles. The minimum Gasteiger partial charge on any atom is -0.453 e. The Morgan fingerprint density at radius 3 is 2.13 bits per heavy atom. The lowest BCUT2D eigenvalue weighted by Crippen LogP contribution is -2.54. The van der Waals surface area contributed by atoms with E-state index in [1.54, 1.807) is 12.1 Å². The lowest BCUT2D eigenvalue weighted by Gasteiger charge is -2.29. The van der Waals surface area contributed by atoms with Crippen molar-refractivity contribution >= 4 is 47.8 Å². The molecule has 0 unspecified atom stereocenters. The second kappa shape index (κ2) is 13.2. The van der Waals surface area contributed by atoms with E-state index < -0.39 is 23.3 Å². The van der Waals surface area contributed by atoms with Crippen LogP contribution in [0.25, 0.3) is 0 Å². The Balaban J connectivity index is 0.00000900. The number of aliphatic imine (C=N–C) groups is 1. The molecule has 0 heterocycles. The maximum absolute atomic E-state index is 12.0. The van der Waals surface area contributed by atoms with Gasteiger partial charge < -0.3 is 25.4 Å². The molecule has 4 N–H and O–H groups in total. The third-order valence-electron chi connectivity index (χ3n) is 3.69. The third-order valence-corrected chi connectivity index (χ3v) is 3.69. The van der Waals surface area contributed by atoms with Gasteiger partial charge in [-0.25, -0.2) is 14.6 Å². The van der Waals surface area contributed by atoms with Crippen LogP contribution in [0.15, 0.2) is 29.3 Å². The molecule has 2 amide bonds. The normalized spacial score (nSPS) is 11.6. The van der Waals surface area contributed by atoms with Crippen LogP contribution in [0.3, 0.4) is 0 Å². The summed E-state index contributed by atoms with van der Waals surface area (Å²) in [5.41, 5.74) is 0.536. The summed E-state index contributed by atoms with van der Waals surface area (Å²) in [5, 5.41) is 11.9. The average Bonchev–Trinajstić information content (AvgIpc) is 2.63. The highest BCUT2D eigenvalue weighted by atomic mass is 127. The molecule has 0 spiro atoms. The maximum Gasteiger partial charge on any atom is 0.411 e. The Labute approximate surface area is 202 Å². The van der Waals surface area contributed by atoms with Crippen LogP contribution >= 0.6 is 24.0 Å². The number of amides is 2. The smallest absolute Gasteiger partial charge is 0.411 e. The summed E-state index contributed by atoms with van der Waals surface area (Å²) >= 11 is 0. The third kappa shape index (κ3) is 12.9. The largest absolute Gasteiger partial charge is 0.453 e. The highest BCUT2D eigenvalue weighted by Crippen LogP contribution is 2.11. The van der Waals surface area contributed by atoms with Crippen molar-refractivity contribution in [1.82, 2.24) is 16.0 Å². The molecule has 10 heteroatoms. The average molecular weight is 549 g/mol. The first-order chi connectivity index (χ1) is 13.9. The Kier molecular flexibility index (Phi) is 12.3. The molecule has 0 atom stereocenters. The number of nitrogens with zero attached hydrogens (tertiary/aromatic N) is 1. The summed E-state index contributed by atoms with van der Waals surface area (Å²) in [7, 11) is 1.32. The van der Waals surface area contributed by atoms with Gasteiger partial charge in [-0.2, -0.15) is 0 Å². The van der Waals surface area contributed by atoms with E-state index in [9.17, 15) is 9.59 Å². The van der Waals surface area contributed by atoms with Crippen molar-refractivity contribution in [2.45, 2.75) is 59.2 Å². The van der Waals surface area contributed by atoms with Gasteiger partial charge in [0.2, 0.25) is 0 Å². The zero-order chi connectivity index (χ0) is 22.8. The van der Waals surface area contributed by atoms with Crippen LogP contribution in [0, 0.1) is 0 Å². The predicted molar refractivity (Wildman–Crippen MR) is 134 cm³/mol. The van der Waals surface area contributed by atoms with Gasteiger partial charge in [-0.3, -0.25) is 5.32 Å². The van der Waals surface area contributed by atoms with Gasteiger partial charge in [-0.1, -0.05) is 12.1 Å². The van der Waals surface area contributed by atoms with E-state index in [1.165, 1.54) is 7.11 Å².